The lowest BCUT2D eigenvalue weighted by Gasteiger charge is -2.46. The van der Waals surface area contributed by atoms with Crippen molar-refractivity contribution < 1.29 is 24.6 Å². The van der Waals surface area contributed by atoms with Crippen molar-refractivity contribution in [2.45, 2.75) is 43.7 Å². The molecule has 176 valence electrons. The number of carbonyl (C=O) groups excluding carboxylic acids is 2. The second-order valence-electron chi connectivity index (χ2n) is 9.19. The summed E-state index contributed by atoms with van der Waals surface area (Å²) >= 11 is 1.47. The van der Waals surface area contributed by atoms with Crippen LogP contribution >= 0.6 is 11.8 Å². The molecule has 3 saturated heterocycles. The number of thioether (sulfide) groups is 1. The number of likely N-dealkylation sites (tertiary alicyclic amines) is 1. The van der Waals surface area contributed by atoms with Crippen molar-refractivity contribution in [3.63, 3.8) is 0 Å². The molecule has 0 aromatic heterocycles. The molecule has 2 amide bonds. The molecular weight excluding hydrogens is 434 g/mol. The van der Waals surface area contributed by atoms with Crippen LogP contribution in [0, 0.1) is 17.2 Å². The van der Waals surface area contributed by atoms with Gasteiger partial charge in [-0.2, -0.15) is 0 Å². The van der Waals surface area contributed by atoms with E-state index >= 15 is 0 Å². The first kappa shape index (κ1) is 23.1. The number of carboxylic acid groups (broad SMARTS) is 1. The van der Waals surface area contributed by atoms with Gasteiger partial charge < -0.3 is 24.9 Å². The SMILES string of the molecule is C[C@@H](O)[C@H]1C(=O)N2C(C(=O)O)=C(S[C@H]3C[C@@H](C(=O)N4CCN(C=N)CC4)N(C)C3)[C@H](C)[C@H]12. The number of piperazine rings is 1. The molecule has 0 aromatic carbocycles. The normalized spacial score (nSPS) is 33.9. The Hall–Kier alpha value is -2.11. The van der Waals surface area contributed by atoms with Gasteiger partial charge in [0.2, 0.25) is 11.8 Å². The molecule has 0 bridgehead atoms. The molecule has 4 aliphatic rings. The summed E-state index contributed by atoms with van der Waals surface area (Å²) in [4.78, 5) is 45.4. The van der Waals surface area contributed by atoms with Crippen molar-refractivity contribution in [2.24, 2.45) is 11.8 Å². The number of β-lactam (4-membered cyclic amide) rings is 1. The molecule has 0 spiro atoms. The lowest BCUT2D eigenvalue weighted by atomic mass is 9.79. The Morgan fingerprint density at radius 2 is 1.91 bits per heavy atom. The Morgan fingerprint density at radius 1 is 1.25 bits per heavy atom. The van der Waals surface area contributed by atoms with Gasteiger partial charge in [-0.3, -0.25) is 19.9 Å². The number of carboxylic acids is 1. The molecule has 0 aliphatic carbocycles. The van der Waals surface area contributed by atoms with Crippen LogP contribution in [0.15, 0.2) is 10.6 Å². The first-order valence-corrected chi connectivity index (χ1v) is 11.9. The summed E-state index contributed by atoms with van der Waals surface area (Å²) in [7, 11) is 1.92. The monoisotopic (exact) mass is 465 g/mol. The van der Waals surface area contributed by atoms with Gasteiger partial charge in [0.15, 0.2) is 0 Å². The van der Waals surface area contributed by atoms with Crippen molar-refractivity contribution in [1.82, 2.24) is 19.6 Å². The van der Waals surface area contributed by atoms with Gasteiger partial charge in [0.25, 0.3) is 0 Å². The third-order valence-electron chi connectivity index (χ3n) is 7.21. The third kappa shape index (κ3) is 3.69. The third-order valence-corrected chi connectivity index (χ3v) is 8.70. The second kappa shape index (κ2) is 8.68. The molecule has 4 aliphatic heterocycles. The van der Waals surface area contributed by atoms with Crippen LogP contribution in [0.25, 0.3) is 0 Å². The molecule has 3 fully saturated rings. The van der Waals surface area contributed by atoms with Crippen molar-refractivity contribution in [2.75, 3.05) is 39.8 Å². The summed E-state index contributed by atoms with van der Waals surface area (Å²) in [6.45, 7) is 6.66. The highest BCUT2D eigenvalue weighted by atomic mass is 32.2. The summed E-state index contributed by atoms with van der Waals surface area (Å²) in [6.07, 6.45) is 1.10. The van der Waals surface area contributed by atoms with Crippen LogP contribution in [-0.2, 0) is 14.4 Å². The van der Waals surface area contributed by atoms with Crippen molar-refractivity contribution in [3.05, 3.63) is 10.6 Å². The predicted octanol–water partition coefficient (Wildman–Crippen LogP) is -0.303. The molecule has 3 N–H and O–H groups in total. The summed E-state index contributed by atoms with van der Waals surface area (Å²) in [5.41, 5.74) is 0.0367. The minimum absolute atomic E-state index is 0.0367. The zero-order chi connectivity index (χ0) is 23.3. The molecule has 0 radical (unpaired) electrons. The molecule has 4 heterocycles. The van der Waals surface area contributed by atoms with Gasteiger partial charge in [-0.25, -0.2) is 4.79 Å². The number of aliphatic carboxylic acids is 1. The molecule has 0 aromatic rings. The quantitative estimate of drug-likeness (QED) is 0.277. The minimum atomic E-state index is -1.12. The van der Waals surface area contributed by atoms with Gasteiger partial charge in [0.05, 0.1) is 30.4 Å². The van der Waals surface area contributed by atoms with E-state index in [0.717, 1.165) is 0 Å². The standard InChI is InChI=1S/C21H31N5O5S/c1-11-16-15(12(2)27)20(29)26(16)17(21(30)31)18(11)32-13-8-14(23(3)9-13)19(28)25-6-4-24(10-22)5-7-25/h10-16,22,27H,4-9H2,1-3H3,(H,30,31)/t11-,12-,13+,14+,15-,16-/m1/s1. The van der Waals surface area contributed by atoms with E-state index in [9.17, 15) is 24.6 Å². The van der Waals surface area contributed by atoms with Crippen LogP contribution < -0.4 is 0 Å². The van der Waals surface area contributed by atoms with E-state index in [1.165, 1.54) is 23.0 Å². The van der Waals surface area contributed by atoms with Crippen LogP contribution in [0.4, 0.5) is 0 Å². The molecule has 10 nitrogen and oxygen atoms in total. The van der Waals surface area contributed by atoms with Gasteiger partial charge >= 0.3 is 5.97 Å². The van der Waals surface area contributed by atoms with Crippen molar-refractivity contribution in [1.29, 1.82) is 5.41 Å². The van der Waals surface area contributed by atoms with Crippen LogP contribution in [0.1, 0.15) is 20.3 Å². The zero-order valence-corrected chi connectivity index (χ0v) is 19.4. The van der Waals surface area contributed by atoms with Gasteiger partial charge in [-0.15, -0.1) is 11.8 Å². The summed E-state index contributed by atoms with van der Waals surface area (Å²) in [5.74, 6) is -2.11. The molecule has 0 saturated carbocycles. The number of nitrogens with zero attached hydrogens (tertiary/aromatic N) is 4. The molecular formula is C21H31N5O5S. The van der Waals surface area contributed by atoms with E-state index in [0.29, 0.717) is 44.0 Å². The predicted molar refractivity (Wildman–Crippen MR) is 119 cm³/mol. The highest BCUT2D eigenvalue weighted by molar-refractivity contribution is 8.03. The summed E-state index contributed by atoms with van der Waals surface area (Å²) in [6, 6.07) is -0.578. The van der Waals surface area contributed by atoms with Crippen LogP contribution in [0.2, 0.25) is 0 Å². The fourth-order valence-corrected chi connectivity index (χ4v) is 7.07. The average molecular weight is 466 g/mol. The minimum Gasteiger partial charge on any atom is -0.477 e. The number of fused-ring (bicyclic) bond motifs is 1. The summed E-state index contributed by atoms with van der Waals surface area (Å²) < 4.78 is 0. The van der Waals surface area contributed by atoms with Gasteiger partial charge in [-0.05, 0) is 20.4 Å². The van der Waals surface area contributed by atoms with Crippen molar-refractivity contribution >= 4 is 35.9 Å². The largest absolute Gasteiger partial charge is 0.477 e. The summed E-state index contributed by atoms with van der Waals surface area (Å²) in [5, 5.41) is 27.2. The Kier molecular flexibility index (Phi) is 6.25. The van der Waals surface area contributed by atoms with Gasteiger partial charge in [0, 0.05) is 48.8 Å². The molecule has 0 unspecified atom stereocenters. The maximum atomic E-state index is 13.1. The zero-order valence-electron chi connectivity index (χ0n) is 18.6. The van der Waals surface area contributed by atoms with Gasteiger partial charge in [0.1, 0.15) is 5.70 Å². The van der Waals surface area contributed by atoms with E-state index in [1.54, 1.807) is 6.92 Å². The Bertz CT molecular complexity index is 856. The number of hydrogen-bond donors (Lipinski definition) is 3. The molecule has 4 rings (SSSR count). The van der Waals surface area contributed by atoms with E-state index in [4.69, 9.17) is 5.41 Å². The van der Waals surface area contributed by atoms with Crippen molar-refractivity contribution in [3.8, 4) is 0 Å². The van der Waals surface area contributed by atoms with E-state index in [1.807, 2.05) is 28.7 Å². The smallest absolute Gasteiger partial charge is 0.353 e. The fourth-order valence-electron chi connectivity index (χ4n) is 5.47. The number of rotatable bonds is 6. The van der Waals surface area contributed by atoms with Gasteiger partial charge in [-0.1, -0.05) is 6.92 Å². The van der Waals surface area contributed by atoms with E-state index < -0.39 is 18.0 Å². The fraction of sp³-hybridized carbons (Fsp3) is 0.714. The molecule has 32 heavy (non-hydrogen) atoms. The number of likely N-dealkylation sites (N-methyl/N-ethyl adjacent to an activating group) is 1. The van der Waals surface area contributed by atoms with Crippen LogP contribution in [0.3, 0.4) is 0 Å². The number of amides is 2. The number of aliphatic hydroxyl groups is 1. The lowest BCUT2D eigenvalue weighted by molar-refractivity contribution is -0.163. The second-order valence-corrected chi connectivity index (χ2v) is 10.5. The molecule has 11 heteroatoms. The van der Waals surface area contributed by atoms with Crippen LogP contribution in [-0.4, -0.2) is 117 Å². The number of aliphatic hydroxyl groups excluding tert-OH is 1. The maximum absolute atomic E-state index is 13.1. The number of nitrogens with one attached hydrogen (secondary N) is 1. The Morgan fingerprint density at radius 3 is 2.47 bits per heavy atom. The number of carbonyl (C=O) groups is 3. The maximum Gasteiger partial charge on any atom is 0.353 e. The van der Waals surface area contributed by atoms with E-state index in [-0.39, 0.29) is 40.8 Å². The molecule has 6 atom stereocenters. The topological polar surface area (TPSA) is 128 Å². The number of hydrogen-bond acceptors (Lipinski definition) is 7. The highest BCUT2D eigenvalue weighted by Gasteiger charge is 2.60. The lowest BCUT2D eigenvalue weighted by Crippen LogP contribution is -2.63. The highest BCUT2D eigenvalue weighted by Crippen LogP contribution is 2.52. The van der Waals surface area contributed by atoms with Crippen LogP contribution in [0.5, 0.6) is 0 Å². The first-order valence-electron chi connectivity index (χ1n) is 11.0. The average Bonchev–Trinajstić information content (AvgIpc) is 3.23. The van der Waals surface area contributed by atoms with E-state index in [2.05, 4.69) is 0 Å². The Labute approximate surface area is 191 Å². The first-order chi connectivity index (χ1) is 15.1. The Balaban J connectivity index is 1.45.